The molecule has 0 aliphatic rings. The molecule has 8 heteroatoms. The van der Waals surface area contributed by atoms with Gasteiger partial charge in [0.25, 0.3) is 5.91 Å². The van der Waals surface area contributed by atoms with Crippen molar-refractivity contribution in [1.29, 1.82) is 0 Å². The fourth-order valence-electron chi connectivity index (χ4n) is 1.92. The Morgan fingerprint density at radius 2 is 1.70 bits per heavy atom. The highest BCUT2D eigenvalue weighted by molar-refractivity contribution is 7.90. The summed E-state index contributed by atoms with van der Waals surface area (Å²) in [6, 6.07) is 9.54. The second kappa shape index (κ2) is 6.04. The zero-order valence-corrected chi connectivity index (χ0v) is 12.7. The predicted octanol–water partition coefficient (Wildman–Crippen LogP) is 3.36. The van der Waals surface area contributed by atoms with Crippen molar-refractivity contribution in [3.05, 3.63) is 59.7 Å². The summed E-state index contributed by atoms with van der Waals surface area (Å²) < 4.78 is 61.3. The van der Waals surface area contributed by atoms with E-state index in [-0.39, 0.29) is 16.1 Å². The van der Waals surface area contributed by atoms with Gasteiger partial charge in [0.1, 0.15) is 0 Å². The second-order valence-electron chi connectivity index (χ2n) is 4.80. The average Bonchev–Trinajstić information content (AvgIpc) is 2.46. The number of hydrogen-bond donors (Lipinski definition) is 1. The highest BCUT2D eigenvalue weighted by atomic mass is 32.2. The molecule has 0 atom stereocenters. The maximum atomic E-state index is 12.7. The maximum Gasteiger partial charge on any atom is 0.416 e. The number of amides is 1. The molecule has 2 aromatic rings. The van der Waals surface area contributed by atoms with E-state index in [1.807, 2.05) is 0 Å². The van der Waals surface area contributed by atoms with E-state index in [2.05, 4.69) is 5.32 Å². The number of rotatable bonds is 3. The van der Waals surface area contributed by atoms with Crippen LogP contribution in [0.5, 0.6) is 0 Å². The van der Waals surface area contributed by atoms with Crippen molar-refractivity contribution < 1.29 is 26.4 Å². The Labute approximate surface area is 130 Å². The second-order valence-corrected chi connectivity index (χ2v) is 6.79. The highest BCUT2D eigenvalue weighted by Gasteiger charge is 2.31. The minimum absolute atomic E-state index is 0.0115. The van der Waals surface area contributed by atoms with Gasteiger partial charge in [-0.15, -0.1) is 0 Å². The van der Waals surface area contributed by atoms with Gasteiger partial charge in [0, 0.05) is 11.8 Å². The SMILES string of the molecule is CS(=O)(=O)c1ccccc1NC(=O)c1cccc(C(F)(F)F)c1. The third-order valence-electron chi connectivity index (χ3n) is 2.99. The summed E-state index contributed by atoms with van der Waals surface area (Å²) in [5, 5.41) is 2.33. The number of para-hydroxylation sites is 1. The molecular formula is C15H12F3NO3S. The monoisotopic (exact) mass is 343 g/mol. The summed E-state index contributed by atoms with van der Waals surface area (Å²) >= 11 is 0. The molecule has 0 fully saturated rings. The van der Waals surface area contributed by atoms with Crippen molar-refractivity contribution in [3.63, 3.8) is 0 Å². The third-order valence-corrected chi connectivity index (χ3v) is 4.14. The van der Waals surface area contributed by atoms with Gasteiger partial charge in [-0.2, -0.15) is 13.2 Å². The summed E-state index contributed by atoms with van der Waals surface area (Å²) in [4.78, 5) is 12.0. The lowest BCUT2D eigenvalue weighted by atomic mass is 10.1. The van der Waals surface area contributed by atoms with Crippen molar-refractivity contribution in [2.45, 2.75) is 11.1 Å². The third kappa shape index (κ3) is 4.10. The van der Waals surface area contributed by atoms with Crippen LogP contribution in [0.15, 0.2) is 53.4 Å². The molecule has 0 bridgehead atoms. The average molecular weight is 343 g/mol. The van der Waals surface area contributed by atoms with Gasteiger partial charge in [0.05, 0.1) is 16.1 Å². The lowest BCUT2D eigenvalue weighted by molar-refractivity contribution is -0.137. The van der Waals surface area contributed by atoms with Gasteiger partial charge in [0.2, 0.25) is 0 Å². The van der Waals surface area contributed by atoms with Crippen LogP contribution in [0.2, 0.25) is 0 Å². The summed E-state index contributed by atoms with van der Waals surface area (Å²) in [6.45, 7) is 0. The van der Waals surface area contributed by atoms with Gasteiger partial charge < -0.3 is 5.32 Å². The fourth-order valence-corrected chi connectivity index (χ4v) is 2.77. The zero-order valence-electron chi connectivity index (χ0n) is 11.9. The van der Waals surface area contributed by atoms with E-state index in [0.29, 0.717) is 6.07 Å². The van der Waals surface area contributed by atoms with E-state index < -0.39 is 27.5 Å². The molecule has 0 radical (unpaired) electrons. The zero-order chi connectivity index (χ0) is 17.3. The summed E-state index contributed by atoms with van der Waals surface area (Å²) in [5.74, 6) is -0.827. The molecule has 0 aliphatic heterocycles. The number of halogens is 3. The van der Waals surface area contributed by atoms with E-state index in [1.165, 1.54) is 30.3 Å². The van der Waals surface area contributed by atoms with Crippen LogP contribution in [-0.4, -0.2) is 20.6 Å². The van der Waals surface area contributed by atoms with E-state index in [1.54, 1.807) is 0 Å². The summed E-state index contributed by atoms with van der Waals surface area (Å²) in [5.41, 5.74) is -1.16. The van der Waals surface area contributed by atoms with Gasteiger partial charge in [-0.05, 0) is 30.3 Å². The molecular weight excluding hydrogens is 331 g/mol. The first kappa shape index (κ1) is 17.0. The van der Waals surface area contributed by atoms with Crippen LogP contribution in [-0.2, 0) is 16.0 Å². The van der Waals surface area contributed by atoms with Gasteiger partial charge in [-0.1, -0.05) is 18.2 Å². The maximum absolute atomic E-state index is 12.7. The molecule has 0 heterocycles. The number of sulfone groups is 1. The quantitative estimate of drug-likeness (QED) is 0.929. The first-order valence-electron chi connectivity index (χ1n) is 6.37. The first-order chi connectivity index (χ1) is 10.6. The van der Waals surface area contributed by atoms with E-state index in [0.717, 1.165) is 18.4 Å². The number of alkyl halides is 3. The topological polar surface area (TPSA) is 63.2 Å². The van der Waals surface area contributed by atoms with Gasteiger partial charge in [-0.3, -0.25) is 4.79 Å². The van der Waals surface area contributed by atoms with Crippen molar-refractivity contribution >= 4 is 21.4 Å². The Morgan fingerprint density at radius 1 is 1.04 bits per heavy atom. The molecule has 0 aliphatic carbocycles. The highest BCUT2D eigenvalue weighted by Crippen LogP contribution is 2.30. The summed E-state index contributed by atoms with van der Waals surface area (Å²) in [6.07, 6.45) is -3.59. The minimum atomic E-state index is -4.57. The van der Waals surface area contributed by atoms with E-state index in [4.69, 9.17) is 0 Å². The van der Waals surface area contributed by atoms with Crippen LogP contribution in [0, 0.1) is 0 Å². The Hall–Kier alpha value is -2.35. The number of anilines is 1. The summed E-state index contributed by atoms with van der Waals surface area (Å²) in [7, 11) is -3.59. The van der Waals surface area contributed by atoms with E-state index >= 15 is 0 Å². The van der Waals surface area contributed by atoms with Crippen LogP contribution in [0.3, 0.4) is 0 Å². The van der Waals surface area contributed by atoms with Gasteiger partial charge >= 0.3 is 6.18 Å². The molecule has 2 aromatic carbocycles. The standard InChI is InChI=1S/C15H12F3NO3S/c1-23(21,22)13-8-3-2-7-12(13)19-14(20)10-5-4-6-11(9-10)15(16,17)18/h2-9H,1H3,(H,19,20). The number of hydrogen-bond acceptors (Lipinski definition) is 3. The molecule has 4 nitrogen and oxygen atoms in total. The lowest BCUT2D eigenvalue weighted by Gasteiger charge is -2.11. The number of nitrogens with one attached hydrogen (secondary N) is 1. The lowest BCUT2D eigenvalue weighted by Crippen LogP contribution is -2.15. The van der Waals surface area contributed by atoms with Crippen LogP contribution in [0.4, 0.5) is 18.9 Å². The minimum Gasteiger partial charge on any atom is -0.321 e. The van der Waals surface area contributed by atoms with E-state index in [9.17, 15) is 26.4 Å². The molecule has 23 heavy (non-hydrogen) atoms. The number of carbonyl (C=O) groups excluding carboxylic acids is 1. The van der Waals surface area contributed by atoms with Gasteiger partial charge in [0.15, 0.2) is 9.84 Å². The smallest absolute Gasteiger partial charge is 0.321 e. The van der Waals surface area contributed by atoms with Crippen LogP contribution in [0.25, 0.3) is 0 Å². The van der Waals surface area contributed by atoms with Crippen molar-refractivity contribution in [2.24, 2.45) is 0 Å². The molecule has 1 amide bonds. The predicted molar refractivity (Wildman–Crippen MR) is 78.9 cm³/mol. The molecule has 122 valence electrons. The molecule has 1 N–H and O–H groups in total. The van der Waals surface area contributed by atoms with Crippen molar-refractivity contribution in [3.8, 4) is 0 Å². The number of benzene rings is 2. The Kier molecular flexibility index (Phi) is 4.46. The molecule has 0 unspecified atom stereocenters. The van der Waals surface area contributed by atoms with Crippen LogP contribution >= 0.6 is 0 Å². The molecule has 2 rings (SSSR count). The Bertz CT molecular complexity index is 845. The fraction of sp³-hybridized carbons (Fsp3) is 0.133. The van der Waals surface area contributed by atoms with Crippen LogP contribution in [0.1, 0.15) is 15.9 Å². The molecule has 0 spiro atoms. The molecule has 0 aromatic heterocycles. The normalized spacial score (nSPS) is 12.0. The van der Waals surface area contributed by atoms with Crippen molar-refractivity contribution in [1.82, 2.24) is 0 Å². The Morgan fingerprint density at radius 3 is 2.30 bits per heavy atom. The van der Waals surface area contributed by atoms with Gasteiger partial charge in [-0.25, -0.2) is 8.42 Å². The molecule has 0 saturated heterocycles. The van der Waals surface area contributed by atoms with Crippen LogP contribution < -0.4 is 5.32 Å². The molecule has 0 saturated carbocycles. The largest absolute Gasteiger partial charge is 0.416 e. The number of carbonyl (C=O) groups is 1. The first-order valence-corrected chi connectivity index (χ1v) is 8.26. The van der Waals surface area contributed by atoms with Crippen molar-refractivity contribution in [2.75, 3.05) is 11.6 Å². The Balaban J connectivity index is 2.35.